The Hall–Kier alpha value is -2.14. The number of benzene rings is 1. The van der Waals surface area contributed by atoms with Gasteiger partial charge in [-0.1, -0.05) is 6.07 Å². The number of fused-ring (bicyclic) bond motifs is 1. The summed E-state index contributed by atoms with van der Waals surface area (Å²) in [4.78, 5) is 9.46. The Labute approximate surface area is 174 Å². The van der Waals surface area contributed by atoms with E-state index >= 15 is 0 Å². The lowest BCUT2D eigenvalue weighted by atomic mass is 10.00. The molecule has 1 aliphatic rings. The van der Waals surface area contributed by atoms with Crippen molar-refractivity contribution in [3.63, 3.8) is 0 Å². The Bertz CT molecular complexity index is 1030. The maximum atomic E-state index is 13.5. The summed E-state index contributed by atoms with van der Waals surface area (Å²) in [5, 5.41) is 6.58. The number of hydrogen-bond acceptors (Lipinski definition) is 7. The van der Waals surface area contributed by atoms with E-state index in [9.17, 15) is 13.2 Å². The van der Waals surface area contributed by atoms with E-state index in [4.69, 9.17) is 5.84 Å². The van der Waals surface area contributed by atoms with Gasteiger partial charge in [0.15, 0.2) is 0 Å². The predicted octanol–water partition coefficient (Wildman–Crippen LogP) is 4.92. The van der Waals surface area contributed by atoms with Gasteiger partial charge in [0.25, 0.3) is 0 Å². The SMILES string of the molecule is CSc1csc(-c2nc(Nc3ccc4c(c3)CN(N)CC4)ncc2C(F)(F)F)c1. The molecule has 0 bridgehead atoms. The molecule has 3 N–H and O–H groups in total. The van der Waals surface area contributed by atoms with Crippen molar-refractivity contribution in [3.8, 4) is 10.6 Å². The number of thiophene rings is 1. The number of rotatable bonds is 4. The minimum Gasteiger partial charge on any atom is -0.324 e. The lowest BCUT2D eigenvalue weighted by molar-refractivity contribution is -0.137. The molecule has 2 aromatic heterocycles. The first-order valence-corrected chi connectivity index (χ1v) is 10.9. The van der Waals surface area contributed by atoms with Crippen LogP contribution in [0.2, 0.25) is 0 Å². The molecule has 1 aliphatic heterocycles. The van der Waals surface area contributed by atoms with E-state index < -0.39 is 11.7 Å². The summed E-state index contributed by atoms with van der Waals surface area (Å²) < 4.78 is 40.5. The number of anilines is 2. The number of nitrogens with zero attached hydrogens (tertiary/aromatic N) is 3. The third-order valence-corrected chi connectivity index (χ3v) is 6.44. The Morgan fingerprint density at radius 2 is 2.07 bits per heavy atom. The molecule has 0 aliphatic carbocycles. The molecule has 0 radical (unpaired) electrons. The van der Waals surface area contributed by atoms with Crippen molar-refractivity contribution in [2.75, 3.05) is 18.1 Å². The van der Waals surface area contributed by atoms with Crippen LogP contribution in [-0.2, 0) is 19.1 Å². The van der Waals surface area contributed by atoms with Gasteiger partial charge in [-0.2, -0.15) is 13.2 Å². The fraction of sp³-hybridized carbons (Fsp3) is 0.263. The molecule has 29 heavy (non-hydrogen) atoms. The van der Waals surface area contributed by atoms with E-state index in [1.54, 1.807) is 11.1 Å². The quantitative estimate of drug-likeness (QED) is 0.446. The van der Waals surface area contributed by atoms with Gasteiger partial charge in [-0.15, -0.1) is 23.1 Å². The lowest BCUT2D eigenvalue weighted by Crippen LogP contribution is -2.36. The first-order valence-electron chi connectivity index (χ1n) is 8.79. The normalized spacial score (nSPS) is 14.7. The van der Waals surface area contributed by atoms with Crippen molar-refractivity contribution in [3.05, 3.63) is 52.5 Å². The molecule has 0 saturated heterocycles. The van der Waals surface area contributed by atoms with Crippen molar-refractivity contribution in [1.82, 2.24) is 15.0 Å². The number of nitrogens with one attached hydrogen (secondary N) is 1. The topological polar surface area (TPSA) is 67.1 Å². The molecule has 0 saturated carbocycles. The molecular formula is C19H18F3N5S2. The maximum absolute atomic E-state index is 13.5. The van der Waals surface area contributed by atoms with Crippen LogP contribution in [0.25, 0.3) is 10.6 Å². The number of aromatic nitrogens is 2. The summed E-state index contributed by atoms with van der Waals surface area (Å²) in [5.41, 5.74) is 2.04. The van der Waals surface area contributed by atoms with Crippen LogP contribution in [0.15, 0.2) is 40.7 Å². The van der Waals surface area contributed by atoms with Crippen molar-refractivity contribution < 1.29 is 13.2 Å². The Kier molecular flexibility index (Phi) is 5.52. The molecular weight excluding hydrogens is 419 g/mol. The molecule has 0 amide bonds. The summed E-state index contributed by atoms with van der Waals surface area (Å²) >= 11 is 2.71. The molecule has 5 nitrogen and oxygen atoms in total. The van der Waals surface area contributed by atoms with Gasteiger partial charge in [0.2, 0.25) is 5.95 Å². The van der Waals surface area contributed by atoms with Crippen LogP contribution in [-0.4, -0.2) is 27.8 Å². The first kappa shape index (κ1) is 20.1. The lowest BCUT2D eigenvalue weighted by Gasteiger charge is -2.25. The molecule has 0 spiro atoms. The van der Waals surface area contributed by atoms with Crippen LogP contribution in [0.3, 0.4) is 0 Å². The largest absolute Gasteiger partial charge is 0.420 e. The summed E-state index contributed by atoms with van der Waals surface area (Å²) in [6.07, 6.45) is -0.956. The highest BCUT2D eigenvalue weighted by molar-refractivity contribution is 7.98. The molecule has 4 rings (SSSR count). The highest BCUT2D eigenvalue weighted by atomic mass is 32.2. The second-order valence-electron chi connectivity index (χ2n) is 6.63. The summed E-state index contributed by atoms with van der Waals surface area (Å²) in [6.45, 7) is 1.42. The minimum absolute atomic E-state index is 0.118. The van der Waals surface area contributed by atoms with Gasteiger partial charge in [0.1, 0.15) is 5.56 Å². The number of nitrogens with two attached hydrogens (primary N) is 1. The number of hydrogen-bond donors (Lipinski definition) is 2. The van der Waals surface area contributed by atoms with Crippen molar-refractivity contribution in [2.24, 2.45) is 5.84 Å². The number of alkyl halides is 3. The highest BCUT2D eigenvalue weighted by Gasteiger charge is 2.36. The standard InChI is InChI=1S/C19H18F3N5S2/c1-28-14-7-16(29-10-14)17-15(19(20,21)22)8-24-18(26-17)25-13-3-2-11-4-5-27(23)9-12(11)6-13/h2-3,6-8,10H,4-5,9,23H2,1H3,(H,24,25,26). The average Bonchev–Trinajstić information content (AvgIpc) is 3.16. The van der Waals surface area contributed by atoms with E-state index in [0.717, 1.165) is 29.6 Å². The van der Waals surface area contributed by atoms with Gasteiger partial charge in [-0.05, 0) is 42.0 Å². The molecule has 0 fully saturated rings. The third-order valence-electron chi connectivity index (χ3n) is 4.64. The van der Waals surface area contributed by atoms with Crippen LogP contribution in [0.5, 0.6) is 0 Å². The van der Waals surface area contributed by atoms with Crippen molar-refractivity contribution in [1.29, 1.82) is 0 Å². The van der Waals surface area contributed by atoms with E-state index in [0.29, 0.717) is 17.1 Å². The first-order chi connectivity index (χ1) is 13.8. The average molecular weight is 438 g/mol. The van der Waals surface area contributed by atoms with Crippen molar-refractivity contribution in [2.45, 2.75) is 24.0 Å². The predicted molar refractivity (Wildman–Crippen MR) is 110 cm³/mol. The smallest absolute Gasteiger partial charge is 0.324 e. The van der Waals surface area contributed by atoms with E-state index in [-0.39, 0.29) is 11.6 Å². The molecule has 0 unspecified atom stereocenters. The fourth-order valence-corrected chi connectivity index (χ4v) is 4.79. The van der Waals surface area contributed by atoms with Crippen LogP contribution < -0.4 is 11.2 Å². The summed E-state index contributed by atoms with van der Waals surface area (Å²) in [6, 6.07) is 7.53. The van der Waals surface area contributed by atoms with Gasteiger partial charge in [-0.3, -0.25) is 5.84 Å². The Balaban J connectivity index is 1.68. The van der Waals surface area contributed by atoms with Gasteiger partial charge in [0.05, 0.1) is 10.6 Å². The van der Waals surface area contributed by atoms with E-state index in [1.807, 2.05) is 29.8 Å². The van der Waals surface area contributed by atoms with E-state index in [2.05, 4.69) is 15.3 Å². The summed E-state index contributed by atoms with van der Waals surface area (Å²) in [7, 11) is 0. The summed E-state index contributed by atoms with van der Waals surface area (Å²) in [5.74, 6) is 6.01. The maximum Gasteiger partial charge on any atom is 0.420 e. The zero-order chi connectivity index (χ0) is 20.6. The zero-order valence-electron chi connectivity index (χ0n) is 15.5. The Morgan fingerprint density at radius 3 is 2.79 bits per heavy atom. The molecule has 1 aromatic carbocycles. The van der Waals surface area contributed by atoms with Gasteiger partial charge >= 0.3 is 6.18 Å². The highest BCUT2D eigenvalue weighted by Crippen LogP contribution is 2.39. The number of halogens is 3. The molecule has 3 aromatic rings. The van der Waals surface area contributed by atoms with Gasteiger partial charge < -0.3 is 5.32 Å². The van der Waals surface area contributed by atoms with Crippen LogP contribution in [0.4, 0.5) is 24.8 Å². The minimum atomic E-state index is -4.53. The molecule has 0 atom stereocenters. The zero-order valence-corrected chi connectivity index (χ0v) is 17.1. The van der Waals surface area contributed by atoms with Crippen LogP contribution >= 0.6 is 23.1 Å². The van der Waals surface area contributed by atoms with Crippen LogP contribution in [0, 0.1) is 0 Å². The Morgan fingerprint density at radius 1 is 1.24 bits per heavy atom. The molecule has 10 heteroatoms. The molecule has 152 valence electrons. The second kappa shape index (κ2) is 7.94. The second-order valence-corrected chi connectivity index (χ2v) is 8.42. The van der Waals surface area contributed by atoms with Gasteiger partial charge in [-0.25, -0.2) is 15.0 Å². The van der Waals surface area contributed by atoms with Crippen LogP contribution in [0.1, 0.15) is 16.7 Å². The monoisotopic (exact) mass is 437 g/mol. The number of hydrazine groups is 1. The number of thioether (sulfide) groups is 1. The fourth-order valence-electron chi connectivity index (χ4n) is 3.17. The van der Waals surface area contributed by atoms with Gasteiger partial charge in [0, 0.05) is 35.2 Å². The van der Waals surface area contributed by atoms with E-state index in [1.165, 1.54) is 28.7 Å². The van der Waals surface area contributed by atoms with Crippen molar-refractivity contribution >= 4 is 34.7 Å². The molecule has 3 heterocycles. The third kappa shape index (κ3) is 4.40.